The fourth-order valence-electron chi connectivity index (χ4n) is 3.03. The lowest BCUT2D eigenvalue weighted by molar-refractivity contribution is 0.361. The molecule has 3 heteroatoms. The second kappa shape index (κ2) is 4.88. The van der Waals surface area contributed by atoms with Gasteiger partial charge in [0.25, 0.3) is 0 Å². The van der Waals surface area contributed by atoms with E-state index in [1.165, 1.54) is 17.0 Å². The summed E-state index contributed by atoms with van der Waals surface area (Å²) >= 11 is 0. The lowest BCUT2D eigenvalue weighted by atomic mass is 10.0. The first-order chi connectivity index (χ1) is 8.77. The van der Waals surface area contributed by atoms with Gasteiger partial charge in [0.05, 0.1) is 10.8 Å². The first-order valence-electron chi connectivity index (χ1n) is 6.72. The maximum absolute atomic E-state index is 12.7. The molecule has 96 valence electrons. The number of fused-ring (bicyclic) bond motifs is 1. The molecule has 0 spiro atoms. The highest BCUT2D eigenvalue weighted by Crippen LogP contribution is 2.37. The van der Waals surface area contributed by atoms with Crippen LogP contribution in [0.1, 0.15) is 26.2 Å². The van der Waals surface area contributed by atoms with E-state index >= 15 is 0 Å². The molecule has 2 atom stereocenters. The van der Waals surface area contributed by atoms with Gasteiger partial charge < -0.3 is 4.90 Å². The van der Waals surface area contributed by atoms with Crippen LogP contribution in [0, 0.1) is 5.92 Å². The highest BCUT2D eigenvalue weighted by molar-refractivity contribution is 7.89. The Hall–Kier alpha value is -1.09. The van der Waals surface area contributed by atoms with Crippen molar-refractivity contribution in [3.63, 3.8) is 0 Å². The molecular weight excluding hydrogens is 242 g/mol. The van der Waals surface area contributed by atoms with Gasteiger partial charge in [-0.2, -0.15) is 0 Å². The normalized spacial score (nSPS) is 25.2. The van der Waals surface area contributed by atoms with E-state index in [9.17, 15) is 4.21 Å². The maximum Gasteiger partial charge on any atom is 0.0825 e. The number of hydrogen-bond donors (Lipinski definition) is 0. The zero-order valence-corrected chi connectivity index (χ0v) is 11.6. The van der Waals surface area contributed by atoms with Crippen LogP contribution in [0.4, 0.5) is 0 Å². The summed E-state index contributed by atoms with van der Waals surface area (Å²) < 4.78 is 12.7. The molecule has 2 unspecified atom stereocenters. The number of nitrogens with zero attached hydrogens (tertiary/aromatic N) is 1. The Balaban J connectivity index is 2.00. The minimum Gasteiger partial charge on any atom is -0.374 e. The van der Waals surface area contributed by atoms with Gasteiger partial charge in [0.1, 0.15) is 0 Å². The third-order valence-electron chi connectivity index (χ3n) is 3.94. The topological polar surface area (TPSA) is 20.3 Å². The van der Waals surface area contributed by atoms with E-state index in [1.807, 2.05) is 30.3 Å². The van der Waals surface area contributed by atoms with Crippen LogP contribution in [0.25, 0.3) is 0 Å². The lowest BCUT2D eigenvalue weighted by Gasteiger charge is -2.29. The number of hydrogen-bond acceptors (Lipinski definition) is 2. The third-order valence-corrected chi connectivity index (χ3v) is 5.50. The Morgan fingerprint density at radius 2 is 2.00 bits per heavy atom. The molecule has 1 aromatic carbocycles. The summed E-state index contributed by atoms with van der Waals surface area (Å²) in [6.07, 6.45) is 3.35. The highest BCUT2D eigenvalue weighted by Gasteiger charge is 2.32. The van der Waals surface area contributed by atoms with Crippen LogP contribution in [0.5, 0.6) is 0 Å². The molecule has 0 saturated carbocycles. The van der Waals surface area contributed by atoms with E-state index in [1.54, 1.807) is 0 Å². The average molecular weight is 261 g/mol. The molecule has 1 saturated heterocycles. The van der Waals surface area contributed by atoms with Crippen LogP contribution < -0.4 is 0 Å². The quantitative estimate of drug-likeness (QED) is 0.815. The van der Waals surface area contributed by atoms with Crippen molar-refractivity contribution in [2.45, 2.75) is 31.1 Å². The van der Waals surface area contributed by atoms with Crippen LogP contribution in [0.2, 0.25) is 0 Å². The largest absolute Gasteiger partial charge is 0.374 e. The smallest absolute Gasteiger partial charge is 0.0825 e. The van der Waals surface area contributed by atoms with Crippen LogP contribution in [-0.4, -0.2) is 22.2 Å². The third kappa shape index (κ3) is 2.01. The molecule has 2 nitrogen and oxygen atoms in total. The zero-order chi connectivity index (χ0) is 12.5. The van der Waals surface area contributed by atoms with Crippen molar-refractivity contribution in [2.75, 3.05) is 13.1 Å². The van der Waals surface area contributed by atoms with E-state index in [0.29, 0.717) is 5.92 Å². The molecule has 1 fully saturated rings. The molecule has 2 heterocycles. The summed E-state index contributed by atoms with van der Waals surface area (Å²) in [5.41, 5.74) is 1.38. The molecule has 0 N–H and O–H groups in total. The summed E-state index contributed by atoms with van der Waals surface area (Å²) in [6, 6.07) is 9.86. The Labute approximate surface area is 111 Å². The van der Waals surface area contributed by atoms with Crippen molar-refractivity contribution < 1.29 is 4.21 Å². The summed E-state index contributed by atoms with van der Waals surface area (Å²) in [7, 11) is -0.963. The van der Waals surface area contributed by atoms with Gasteiger partial charge in [-0.15, -0.1) is 0 Å². The van der Waals surface area contributed by atoms with Crippen LogP contribution in [0.3, 0.4) is 0 Å². The van der Waals surface area contributed by atoms with Crippen molar-refractivity contribution in [1.82, 2.24) is 4.90 Å². The van der Waals surface area contributed by atoms with Gasteiger partial charge in [0.2, 0.25) is 0 Å². The summed E-state index contributed by atoms with van der Waals surface area (Å²) in [4.78, 5) is 4.57. The Kier molecular flexibility index (Phi) is 3.25. The van der Waals surface area contributed by atoms with Gasteiger partial charge in [0, 0.05) is 28.6 Å². The number of rotatable bonds is 2. The van der Waals surface area contributed by atoms with Crippen LogP contribution in [-0.2, 0) is 10.8 Å². The van der Waals surface area contributed by atoms with E-state index < -0.39 is 10.8 Å². The first-order valence-corrected chi connectivity index (χ1v) is 7.87. The molecule has 0 aliphatic carbocycles. The second-order valence-corrected chi connectivity index (χ2v) is 6.67. The summed E-state index contributed by atoms with van der Waals surface area (Å²) in [5, 5.41) is 0. The number of allylic oxidation sites excluding steroid dienone is 2. The minimum atomic E-state index is -0.963. The van der Waals surface area contributed by atoms with E-state index in [0.717, 1.165) is 30.8 Å². The van der Waals surface area contributed by atoms with Crippen molar-refractivity contribution in [3.8, 4) is 0 Å². The van der Waals surface area contributed by atoms with Gasteiger partial charge in [-0.1, -0.05) is 25.1 Å². The molecule has 0 amide bonds. The van der Waals surface area contributed by atoms with Gasteiger partial charge in [0.15, 0.2) is 0 Å². The monoisotopic (exact) mass is 261 g/mol. The van der Waals surface area contributed by atoms with Crippen molar-refractivity contribution in [1.29, 1.82) is 0 Å². The van der Waals surface area contributed by atoms with Crippen molar-refractivity contribution in [3.05, 3.63) is 40.9 Å². The maximum atomic E-state index is 12.7. The SMILES string of the molecule is CC1CCN2CCCC(S(=O)c3ccccc3)=C12. The molecular formula is C15H19NOS. The Morgan fingerprint density at radius 1 is 1.22 bits per heavy atom. The van der Waals surface area contributed by atoms with Gasteiger partial charge in [-0.25, -0.2) is 4.21 Å². The number of benzene rings is 1. The predicted molar refractivity (Wildman–Crippen MR) is 74.5 cm³/mol. The van der Waals surface area contributed by atoms with E-state index in [2.05, 4.69) is 11.8 Å². The summed E-state index contributed by atoms with van der Waals surface area (Å²) in [5.74, 6) is 0.577. The first kappa shape index (κ1) is 12.0. The molecule has 2 aliphatic heterocycles. The zero-order valence-electron chi connectivity index (χ0n) is 10.8. The molecule has 3 rings (SSSR count). The van der Waals surface area contributed by atoms with E-state index in [-0.39, 0.29) is 0 Å². The fourth-order valence-corrected chi connectivity index (χ4v) is 4.57. The Morgan fingerprint density at radius 3 is 2.78 bits per heavy atom. The standard InChI is InChI=1S/C15H19NOS/c1-12-9-11-16-10-5-8-14(15(12)16)18(17)13-6-3-2-4-7-13/h2-4,6-7,12H,5,8-11H2,1H3. The predicted octanol–water partition coefficient (Wildman–Crippen LogP) is 3.14. The van der Waals surface area contributed by atoms with Crippen molar-refractivity contribution in [2.24, 2.45) is 5.92 Å². The molecule has 0 bridgehead atoms. The lowest BCUT2D eigenvalue weighted by Crippen LogP contribution is -2.26. The fraction of sp³-hybridized carbons (Fsp3) is 0.467. The second-order valence-electron chi connectivity index (χ2n) is 5.17. The molecule has 2 aliphatic rings. The highest BCUT2D eigenvalue weighted by atomic mass is 32.2. The molecule has 0 radical (unpaired) electrons. The van der Waals surface area contributed by atoms with Gasteiger partial charge in [-0.05, 0) is 37.3 Å². The van der Waals surface area contributed by atoms with E-state index in [4.69, 9.17) is 0 Å². The average Bonchev–Trinajstić information content (AvgIpc) is 2.81. The van der Waals surface area contributed by atoms with Crippen LogP contribution in [0.15, 0.2) is 45.8 Å². The van der Waals surface area contributed by atoms with Gasteiger partial charge in [-0.3, -0.25) is 0 Å². The van der Waals surface area contributed by atoms with Crippen LogP contribution >= 0.6 is 0 Å². The van der Waals surface area contributed by atoms with Gasteiger partial charge >= 0.3 is 0 Å². The minimum absolute atomic E-state index is 0.577. The molecule has 0 aromatic heterocycles. The summed E-state index contributed by atoms with van der Waals surface area (Å²) in [6.45, 7) is 4.56. The molecule has 1 aromatic rings. The van der Waals surface area contributed by atoms with Crippen molar-refractivity contribution >= 4 is 10.8 Å². The molecule has 18 heavy (non-hydrogen) atoms. The Bertz CT molecular complexity index is 494.